The first-order chi connectivity index (χ1) is 13.0. The number of phenolic OH excluding ortho intramolecular Hbond substituents is 2. The fraction of sp³-hybridized carbons (Fsp3) is 0. The van der Waals surface area contributed by atoms with Crippen molar-refractivity contribution in [2.24, 2.45) is 10.2 Å². The Kier molecular flexibility index (Phi) is 4.81. The summed E-state index contributed by atoms with van der Waals surface area (Å²) in [5.74, 6) is -1.36. The highest BCUT2D eigenvalue weighted by molar-refractivity contribution is 7.86. The van der Waals surface area contributed by atoms with Crippen molar-refractivity contribution in [3.63, 3.8) is 0 Å². The number of aromatic hydroxyl groups is 2. The topological polar surface area (TPSA) is 174 Å². The number of benzene rings is 3. The van der Waals surface area contributed by atoms with Crippen LogP contribution in [0.3, 0.4) is 0 Å². The van der Waals surface area contributed by atoms with Crippen LogP contribution >= 0.6 is 0 Å². The van der Waals surface area contributed by atoms with Gasteiger partial charge in [0.15, 0.2) is 5.75 Å². The summed E-state index contributed by atoms with van der Waals surface area (Å²) in [6, 6.07) is 10.8. The molecule has 0 bridgehead atoms. The Labute approximate surface area is 158 Å². The fourth-order valence-electron chi connectivity index (χ4n) is 2.44. The molecule has 0 aromatic heterocycles. The Morgan fingerprint density at radius 2 is 1.46 bits per heavy atom. The molecular formula is C16H12N2O8S2. The van der Waals surface area contributed by atoms with Crippen LogP contribution < -0.4 is 0 Å². The van der Waals surface area contributed by atoms with Crippen LogP contribution in [-0.4, -0.2) is 36.2 Å². The Bertz CT molecular complexity index is 1330. The van der Waals surface area contributed by atoms with Crippen LogP contribution in [0.5, 0.6) is 11.5 Å². The van der Waals surface area contributed by atoms with Crippen molar-refractivity contribution < 1.29 is 36.2 Å². The second kappa shape index (κ2) is 6.83. The summed E-state index contributed by atoms with van der Waals surface area (Å²) in [6.45, 7) is 0. The monoisotopic (exact) mass is 424 g/mol. The van der Waals surface area contributed by atoms with E-state index in [1.165, 1.54) is 6.07 Å². The van der Waals surface area contributed by atoms with Crippen molar-refractivity contribution in [2.45, 2.75) is 9.79 Å². The minimum absolute atomic E-state index is 0.0248. The number of phenols is 2. The zero-order chi connectivity index (χ0) is 20.7. The number of nitrogens with zero attached hydrogens (tertiary/aromatic N) is 2. The summed E-state index contributed by atoms with van der Waals surface area (Å²) in [5.41, 5.74) is -0.696. The highest BCUT2D eigenvalue weighted by Crippen LogP contribution is 2.40. The van der Waals surface area contributed by atoms with Crippen molar-refractivity contribution in [3.05, 3.63) is 48.5 Å². The van der Waals surface area contributed by atoms with E-state index in [4.69, 9.17) is 4.55 Å². The van der Waals surface area contributed by atoms with E-state index >= 15 is 0 Å². The smallest absolute Gasteiger partial charge is 0.298 e. The van der Waals surface area contributed by atoms with Crippen molar-refractivity contribution >= 4 is 42.4 Å². The van der Waals surface area contributed by atoms with Crippen LogP contribution in [0.25, 0.3) is 10.8 Å². The first kappa shape index (κ1) is 19.7. The quantitative estimate of drug-likeness (QED) is 0.365. The van der Waals surface area contributed by atoms with Gasteiger partial charge in [-0.1, -0.05) is 30.3 Å². The van der Waals surface area contributed by atoms with Gasteiger partial charge in [-0.05, 0) is 23.6 Å². The van der Waals surface area contributed by atoms with Gasteiger partial charge in [-0.15, -0.1) is 10.2 Å². The molecule has 0 atom stereocenters. The number of hydrogen-bond donors (Lipinski definition) is 4. The zero-order valence-electron chi connectivity index (χ0n) is 13.8. The predicted molar refractivity (Wildman–Crippen MR) is 97.5 cm³/mol. The van der Waals surface area contributed by atoms with Gasteiger partial charge in [0, 0.05) is 5.39 Å². The first-order valence-corrected chi connectivity index (χ1v) is 10.3. The summed E-state index contributed by atoms with van der Waals surface area (Å²) < 4.78 is 63.9. The van der Waals surface area contributed by atoms with Gasteiger partial charge in [0.05, 0.1) is 4.90 Å². The molecule has 28 heavy (non-hydrogen) atoms. The molecule has 4 N–H and O–H groups in total. The van der Waals surface area contributed by atoms with E-state index in [0.29, 0.717) is 22.9 Å². The van der Waals surface area contributed by atoms with Gasteiger partial charge in [0.1, 0.15) is 22.0 Å². The minimum Gasteiger partial charge on any atom is -0.506 e. The maximum atomic E-state index is 11.4. The summed E-state index contributed by atoms with van der Waals surface area (Å²) in [7, 11) is -9.93. The highest BCUT2D eigenvalue weighted by atomic mass is 32.2. The summed E-state index contributed by atoms with van der Waals surface area (Å²) in [4.78, 5) is -2.12. The summed E-state index contributed by atoms with van der Waals surface area (Å²) in [6.07, 6.45) is 0. The Balaban J connectivity index is 2.25. The molecule has 0 unspecified atom stereocenters. The molecule has 0 saturated heterocycles. The molecule has 0 heterocycles. The van der Waals surface area contributed by atoms with Gasteiger partial charge in [0.25, 0.3) is 20.2 Å². The molecule has 3 aromatic carbocycles. The molecule has 0 saturated carbocycles. The van der Waals surface area contributed by atoms with Crippen molar-refractivity contribution in [2.75, 3.05) is 0 Å². The molecule has 3 aromatic rings. The van der Waals surface area contributed by atoms with E-state index < -0.39 is 41.5 Å². The van der Waals surface area contributed by atoms with Crippen LogP contribution in [0.15, 0.2) is 68.6 Å². The Morgan fingerprint density at radius 1 is 0.786 bits per heavy atom. The van der Waals surface area contributed by atoms with Gasteiger partial charge in [-0.2, -0.15) is 16.8 Å². The van der Waals surface area contributed by atoms with Crippen molar-refractivity contribution in [3.8, 4) is 11.5 Å². The molecular weight excluding hydrogens is 412 g/mol. The number of rotatable bonds is 4. The van der Waals surface area contributed by atoms with Crippen molar-refractivity contribution in [1.29, 1.82) is 0 Å². The molecule has 0 fully saturated rings. The SMILES string of the molecule is O=S(=O)(O)c1cc(N=Nc2c(O)ccc3ccccc23)c(O)c(S(=O)(=O)O)c1. The molecule has 0 aliphatic rings. The third-order valence-corrected chi connectivity index (χ3v) is 5.44. The average Bonchev–Trinajstić information content (AvgIpc) is 2.60. The lowest BCUT2D eigenvalue weighted by molar-refractivity contribution is 0.442. The maximum Gasteiger partial charge on any atom is 0.298 e. The normalized spacial score (nSPS) is 12.6. The van der Waals surface area contributed by atoms with Gasteiger partial charge in [0.2, 0.25) is 0 Å². The van der Waals surface area contributed by atoms with Crippen LogP contribution in [0, 0.1) is 0 Å². The third-order valence-electron chi connectivity index (χ3n) is 3.74. The van der Waals surface area contributed by atoms with Crippen molar-refractivity contribution in [1.82, 2.24) is 0 Å². The number of fused-ring (bicyclic) bond motifs is 1. The molecule has 0 spiro atoms. The lowest BCUT2D eigenvalue weighted by Crippen LogP contribution is -2.03. The molecule has 146 valence electrons. The zero-order valence-corrected chi connectivity index (χ0v) is 15.4. The van der Waals surface area contributed by atoms with E-state index in [9.17, 15) is 31.6 Å². The minimum atomic E-state index is -5.04. The van der Waals surface area contributed by atoms with E-state index in [0.717, 1.165) is 0 Å². The van der Waals surface area contributed by atoms with E-state index in [1.807, 2.05) is 0 Å². The van der Waals surface area contributed by atoms with Crippen LogP contribution in [0.2, 0.25) is 0 Å². The molecule has 0 aliphatic carbocycles. The molecule has 0 aliphatic heterocycles. The first-order valence-electron chi connectivity index (χ1n) is 7.43. The van der Waals surface area contributed by atoms with Gasteiger partial charge >= 0.3 is 0 Å². The Hall–Kier alpha value is -3.06. The summed E-state index contributed by atoms with van der Waals surface area (Å²) in [5, 5.41) is 28.6. The third kappa shape index (κ3) is 3.80. The lowest BCUT2D eigenvalue weighted by Gasteiger charge is -2.07. The standard InChI is InChI=1S/C16H12N2O8S2/c19-13-6-5-9-3-1-2-4-11(9)15(13)18-17-12-7-10(27(21,22)23)8-14(16(12)20)28(24,25)26/h1-8,19-20H,(H,21,22,23)(H,24,25,26). The van der Waals surface area contributed by atoms with E-state index in [1.54, 1.807) is 30.3 Å². The second-order valence-electron chi connectivity index (χ2n) is 5.59. The average molecular weight is 424 g/mol. The number of hydrogen-bond acceptors (Lipinski definition) is 8. The maximum absolute atomic E-state index is 11.4. The van der Waals surface area contributed by atoms with E-state index in [2.05, 4.69) is 10.2 Å². The van der Waals surface area contributed by atoms with Gasteiger partial charge in [-0.3, -0.25) is 9.11 Å². The predicted octanol–water partition coefficient (Wildman–Crippen LogP) is 3.16. The van der Waals surface area contributed by atoms with Crippen LogP contribution in [0.1, 0.15) is 0 Å². The second-order valence-corrected chi connectivity index (χ2v) is 8.41. The van der Waals surface area contributed by atoms with Gasteiger partial charge < -0.3 is 10.2 Å². The van der Waals surface area contributed by atoms with Crippen LogP contribution in [-0.2, 0) is 20.2 Å². The number of azo groups is 1. The van der Waals surface area contributed by atoms with E-state index in [-0.39, 0.29) is 11.4 Å². The lowest BCUT2D eigenvalue weighted by atomic mass is 10.1. The Morgan fingerprint density at radius 3 is 2.11 bits per heavy atom. The molecule has 3 rings (SSSR count). The highest BCUT2D eigenvalue weighted by Gasteiger charge is 2.24. The molecule has 0 radical (unpaired) electrons. The largest absolute Gasteiger partial charge is 0.506 e. The van der Waals surface area contributed by atoms with Crippen LogP contribution in [0.4, 0.5) is 11.4 Å². The molecule has 0 amide bonds. The molecule has 10 nitrogen and oxygen atoms in total. The fourth-order valence-corrected chi connectivity index (χ4v) is 3.67. The summed E-state index contributed by atoms with van der Waals surface area (Å²) >= 11 is 0. The van der Waals surface area contributed by atoms with Gasteiger partial charge in [-0.25, -0.2) is 0 Å². The molecule has 12 heteroatoms.